The van der Waals surface area contributed by atoms with Gasteiger partial charge in [0.25, 0.3) is 0 Å². The van der Waals surface area contributed by atoms with Gasteiger partial charge in [0.05, 0.1) is 25.0 Å². The van der Waals surface area contributed by atoms with Crippen molar-refractivity contribution >= 4 is 11.7 Å². The normalized spacial score (nSPS) is 30.4. The van der Waals surface area contributed by atoms with E-state index >= 15 is 0 Å². The molecule has 0 saturated heterocycles. The highest BCUT2D eigenvalue weighted by Gasteiger charge is 2.62. The molecule has 0 aromatic heterocycles. The quantitative estimate of drug-likeness (QED) is 0.651. The molecule has 26 heavy (non-hydrogen) atoms. The summed E-state index contributed by atoms with van der Waals surface area (Å²) in [7, 11) is 1.14. The van der Waals surface area contributed by atoms with Crippen LogP contribution in [0.4, 0.5) is 4.39 Å². The van der Waals surface area contributed by atoms with Crippen LogP contribution in [0.5, 0.6) is 0 Å². The number of halogens is 1. The monoisotopic (exact) mass is 351 g/mol. The van der Waals surface area contributed by atoms with Crippen LogP contribution < -0.4 is 0 Å². The summed E-state index contributed by atoms with van der Waals surface area (Å²) >= 11 is 0. The van der Waals surface area contributed by atoms with Crippen molar-refractivity contribution < 1.29 is 13.9 Å². The van der Waals surface area contributed by atoms with Gasteiger partial charge in [0.1, 0.15) is 11.7 Å². The van der Waals surface area contributed by atoms with Crippen molar-refractivity contribution in [2.24, 2.45) is 17.3 Å². The number of methoxy groups -OCH3 is 1. The third-order valence-electron chi connectivity index (χ3n) is 5.50. The number of carbonyl (C=O) groups excluding carboxylic acids is 1. The van der Waals surface area contributed by atoms with Crippen molar-refractivity contribution in [2.75, 3.05) is 7.11 Å². The summed E-state index contributed by atoms with van der Waals surface area (Å²) in [6.45, 7) is 0. The van der Waals surface area contributed by atoms with Crippen molar-refractivity contribution in [1.82, 2.24) is 0 Å². The molecule has 3 rings (SSSR count). The minimum atomic E-state index is -2.02. The Morgan fingerprint density at radius 3 is 2.73 bits per heavy atom. The van der Waals surface area contributed by atoms with Crippen LogP contribution in [0.15, 0.2) is 35.9 Å². The zero-order valence-corrected chi connectivity index (χ0v) is 14.3. The van der Waals surface area contributed by atoms with Crippen LogP contribution in [0.25, 0.3) is 0 Å². The summed E-state index contributed by atoms with van der Waals surface area (Å²) in [6, 6.07) is 10.0. The van der Waals surface area contributed by atoms with E-state index in [0.717, 1.165) is 20.0 Å². The third-order valence-corrected chi connectivity index (χ3v) is 5.50. The van der Waals surface area contributed by atoms with E-state index in [1.54, 1.807) is 12.1 Å². The van der Waals surface area contributed by atoms with Gasteiger partial charge in [-0.15, -0.1) is 0 Å². The van der Waals surface area contributed by atoms with Crippen LogP contribution in [-0.4, -0.2) is 18.8 Å². The fraction of sp³-hybridized carbons (Fsp3) is 0.400. The number of allylic oxidation sites excluding steroid dienone is 2. The molecule has 1 aromatic carbocycles. The Morgan fingerprint density at radius 1 is 1.38 bits per heavy atom. The van der Waals surface area contributed by atoms with Crippen molar-refractivity contribution in [3.8, 4) is 12.1 Å². The highest BCUT2D eigenvalue weighted by Crippen LogP contribution is 2.56. The summed E-state index contributed by atoms with van der Waals surface area (Å²) in [6.07, 6.45) is 4.10. The predicted octanol–water partition coefficient (Wildman–Crippen LogP) is 3.49. The molecule has 1 saturated carbocycles. The van der Waals surface area contributed by atoms with E-state index in [9.17, 15) is 19.7 Å². The topological polar surface area (TPSA) is 97.7 Å². The van der Waals surface area contributed by atoms with E-state index < -0.39 is 29.0 Å². The molecular formula is C20H18FN3O2. The molecule has 6 heteroatoms. The lowest BCUT2D eigenvalue weighted by atomic mass is 9.52. The summed E-state index contributed by atoms with van der Waals surface area (Å²) in [4.78, 5) is 12.7. The maximum Gasteiger partial charge on any atom is 0.332 e. The van der Waals surface area contributed by atoms with Gasteiger partial charge < -0.3 is 10.1 Å². The molecule has 1 N–H and O–H groups in total. The number of nitriles is 2. The smallest absolute Gasteiger partial charge is 0.332 e. The average molecular weight is 351 g/mol. The summed E-state index contributed by atoms with van der Waals surface area (Å²) in [5, 5.41) is 28.2. The number of ether oxygens (including phenoxy) is 1. The largest absolute Gasteiger partial charge is 0.468 e. The highest BCUT2D eigenvalue weighted by atomic mass is 19.1. The maximum atomic E-state index is 14.7. The minimum Gasteiger partial charge on any atom is -0.468 e. The molecule has 5 nitrogen and oxygen atoms in total. The van der Waals surface area contributed by atoms with E-state index in [1.165, 1.54) is 12.1 Å². The molecule has 132 valence electrons. The number of benzene rings is 1. The number of hydrogen-bond acceptors (Lipinski definition) is 5. The van der Waals surface area contributed by atoms with Crippen LogP contribution in [-0.2, 0) is 9.53 Å². The van der Waals surface area contributed by atoms with Gasteiger partial charge in [-0.2, -0.15) is 10.5 Å². The van der Waals surface area contributed by atoms with Crippen molar-refractivity contribution in [2.45, 2.75) is 25.2 Å². The zero-order chi connectivity index (χ0) is 18.9. The molecule has 2 aliphatic carbocycles. The van der Waals surface area contributed by atoms with E-state index in [0.29, 0.717) is 12.0 Å². The number of fused-ring (bicyclic) bond motifs is 1. The molecule has 2 aliphatic rings. The number of esters is 1. The Bertz CT molecular complexity index is 880. The van der Waals surface area contributed by atoms with Crippen molar-refractivity contribution in [1.29, 1.82) is 15.9 Å². The first-order chi connectivity index (χ1) is 12.5. The van der Waals surface area contributed by atoms with Gasteiger partial charge in [-0.3, -0.25) is 0 Å². The molecule has 0 radical (unpaired) electrons. The molecule has 1 aromatic rings. The lowest BCUT2D eigenvalue weighted by molar-refractivity contribution is -0.148. The highest BCUT2D eigenvalue weighted by molar-refractivity contribution is 6.13. The first kappa shape index (κ1) is 17.8. The van der Waals surface area contributed by atoms with E-state index in [-0.39, 0.29) is 17.2 Å². The van der Waals surface area contributed by atoms with E-state index in [1.807, 2.05) is 12.1 Å². The van der Waals surface area contributed by atoms with Gasteiger partial charge in [0.15, 0.2) is 0 Å². The Kier molecular flexibility index (Phi) is 4.61. The number of rotatable bonds is 2. The number of carbonyl (C=O) groups is 1. The van der Waals surface area contributed by atoms with Gasteiger partial charge in [-0.1, -0.05) is 24.3 Å². The molecule has 0 aliphatic heterocycles. The van der Waals surface area contributed by atoms with Gasteiger partial charge in [-0.05, 0) is 42.4 Å². The molecule has 1 fully saturated rings. The van der Waals surface area contributed by atoms with Crippen molar-refractivity contribution in [3.05, 3.63) is 47.3 Å². The Hall–Kier alpha value is -2.99. The summed E-state index contributed by atoms with van der Waals surface area (Å²) < 4.78 is 19.5. The lowest BCUT2D eigenvalue weighted by Crippen LogP contribution is -2.54. The second-order valence-corrected chi connectivity index (χ2v) is 6.63. The minimum absolute atomic E-state index is 0.207. The third kappa shape index (κ3) is 2.34. The van der Waals surface area contributed by atoms with Crippen LogP contribution in [0.2, 0.25) is 0 Å². The SMILES string of the molecule is COC(=O)[C@@]1(C#N)C(=N)[C@H](C#N)C2=CCCC[C@H]2[C@H]1c1ccccc1F. The van der Waals surface area contributed by atoms with Crippen LogP contribution in [0, 0.1) is 51.1 Å². The fourth-order valence-corrected chi connectivity index (χ4v) is 4.37. The molecule has 0 unspecified atom stereocenters. The Morgan fingerprint density at radius 2 is 2.12 bits per heavy atom. The summed E-state index contributed by atoms with van der Waals surface area (Å²) in [5.74, 6) is -3.68. The molecule has 0 amide bonds. The fourth-order valence-electron chi connectivity index (χ4n) is 4.37. The molecule has 0 heterocycles. The van der Waals surface area contributed by atoms with Crippen LogP contribution >= 0.6 is 0 Å². The number of nitrogens with one attached hydrogen (secondary N) is 1. The second-order valence-electron chi connectivity index (χ2n) is 6.63. The standard InChI is InChI=1S/C20H18FN3O2/c1-26-19(25)20(11-23)17(14-8-4-5-9-16(14)21)13-7-3-2-6-12(13)15(10-22)18(20)24/h4-6,8-9,13,15,17,24H,2-3,7H2,1H3/t13-,15-,17+,20-/m1/s1. The maximum absolute atomic E-state index is 14.7. The number of nitrogens with zero attached hydrogens (tertiary/aromatic N) is 2. The number of hydrogen-bond donors (Lipinski definition) is 1. The average Bonchev–Trinajstić information content (AvgIpc) is 2.67. The van der Waals surface area contributed by atoms with E-state index in [2.05, 4.69) is 6.07 Å². The Labute approximate surface area is 151 Å². The van der Waals surface area contributed by atoms with Crippen LogP contribution in [0.1, 0.15) is 30.7 Å². The predicted molar refractivity (Wildman–Crippen MR) is 91.5 cm³/mol. The molecule has 0 spiro atoms. The first-order valence-electron chi connectivity index (χ1n) is 8.45. The molecular weight excluding hydrogens is 333 g/mol. The second kappa shape index (κ2) is 6.72. The molecule has 0 bridgehead atoms. The van der Waals surface area contributed by atoms with Gasteiger partial charge >= 0.3 is 5.97 Å². The van der Waals surface area contributed by atoms with Crippen molar-refractivity contribution in [3.63, 3.8) is 0 Å². The van der Waals surface area contributed by atoms with E-state index in [4.69, 9.17) is 10.1 Å². The van der Waals surface area contributed by atoms with Gasteiger partial charge in [0.2, 0.25) is 5.41 Å². The zero-order valence-electron chi connectivity index (χ0n) is 14.3. The molecule has 4 atom stereocenters. The van der Waals surface area contributed by atoms with Gasteiger partial charge in [0, 0.05) is 5.92 Å². The first-order valence-corrected chi connectivity index (χ1v) is 8.45. The lowest BCUT2D eigenvalue weighted by Gasteiger charge is -2.47. The van der Waals surface area contributed by atoms with Crippen LogP contribution in [0.3, 0.4) is 0 Å². The van der Waals surface area contributed by atoms with Gasteiger partial charge in [-0.25, -0.2) is 9.18 Å². The Balaban J connectivity index is 2.33. The summed E-state index contributed by atoms with van der Waals surface area (Å²) in [5.41, 5.74) is -1.42.